The Balaban J connectivity index is 1.37. The quantitative estimate of drug-likeness (QED) is 0.590. The highest BCUT2D eigenvalue weighted by Gasteiger charge is 2.20. The maximum atomic E-state index is 12.7. The molecule has 156 valence electrons. The second kappa shape index (κ2) is 9.34. The van der Waals surface area contributed by atoms with Gasteiger partial charge in [0.1, 0.15) is 0 Å². The van der Waals surface area contributed by atoms with Crippen LogP contribution in [0.5, 0.6) is 0 Å². The molecule has 7 heteroatoms. The van der Waals surface area contributed by atoms with Crippen LogP contribution in [0.15, 0.2) is 59.8 Å². The second-order valence-corrected chi connectivity index (χ2v) is 8.88. The third-order valence-corrected chi connectivity index (χ3v) is 6.51. The van der Waals surface area contributed by atoms with Crippen LogP contribution in [0.4, 0.5) is 11.4 Å². The van der Waals surface area contributed by atoms with E-state index in [1.807, 2.05) is 61.0 Å². The van der Waals surface area contributed by atoms with E-state index < -0.39 is 0 Å². The zero-order valence-electron chi connectivity index (χ0n) is 17.4. The van der Waals surface area contributed by atoms with Crippen molar-refractivity contribution in [3.8, 4) is 11.4 Å². The Bertz CT molecular complexity index is 981. The number of rotatable bonds is 6. The van der Waals surface area contributed by atoms with Crippen molar-refractivity contribution in [2.75, 3.05) is 23.3 Å². The Morgan fingerprint density at radius 2 is 1.70 bits per heavy atom. The minimum atomic E-state index is -0.293. The van der Waals surface area contributed by atoms with E-state index in [2.05, 4.69) is 32.5 Å². The van der Waals surface area contributed by atoms with Gasteiger partial charge in [0, 0.05) is 37.1 Å². The summed E-state index contributed by atoms with van der Waals surface area (Å²) in [6, 6.07) is 18.1. The topological polar surface area (TPSA) is 63.1 Å². The molecular formula is C23H27N5OS. The number of hydrogen-bond donors (Lipinski definition) is 1. The lowest BCUT2D eigenvalue weighted by atomic mass is 10.1. The van der Waals surface area contributed by atoms with Crippen molar-refractivity contribution in [3.05, 3.63) is 54.6 Å². The van der Waals surface area contributed by atoms with Crippen molar-refractivity contribution in [2.45, 2.75) is 36.6 Å². The lowest BCUT2D eigenvalue weighted by Crippen LogP contribution is -2.29. The summed E-state index contributed by atoms with van der Waals surface area (Å²) < 4.78 is 1.93. The van der Waals surface area contributed by atoms with Crippen molar-refractivity contribution in [1.82, 2.24) is 14.8 Å². The number of carbonyl (C=O) groups excluding carboxylic acids is 1. The number of nitrogens with zero attached hydrogens (tertiary/aromatic N) is 4. The fourth-order valence-corrected chi connectivity index (χ4v) is 4.43. The predicted molar refractivity (Wildman–Crippen MR) is 123 cm³/mol. The third-order valence-electron chi connectivity index (χ3n) is 5.37. The first-order valence-corrected chi connectivity index (χ1v) is 11.3. The maximum absolute atomic E-state index is 12.7. The van der Waals surface area contributed by atoms with Gasteiger partial charge in [-0.3, -0.25) is 4.79 Å². The van der Waals surface area contributed by atoms with E-state index >= 15 is 0 Å². The zero-order valence-corrected chi connectivity index (χ0v) is 18.2. The standard InChI is InChI=1S/C23H27N5OS/c1-17(30-23-26-25-21(27(23)2)18-9-5-3-6-10-18)22(29)24-19-11-13-20(14-12-19)28-15-7-4-8-16-28/h3,5-6,9-14,17H,4,7-8,15-16H2,1-2H3,(H,24,29)/t17-/m0/s1. The summed E-state index contributed by atoms with van der Waals surface area (Å²) in [6.45, 7) is 4.11. The first kappa shape index (κ1) is 20.5. The average molecular weight is 422 g/mol. The summed E-state index contributed by atoms with van der Waals surface area (Å²) in [7, 11) is 1.93. The molecule has 1 fully saturated rings. The molecule has 1 saturated heterocycles. The molecule has 1 amide bonds. The van der Waals surface area contributed by atoms with Crippen molar-refractivity contribution in [1.29, 1.82) is 0 Å². The Morgan fingerprint density at radius 3 is 2.40 bits per heavy atom. The van der Waals surface area contributed by atoms with Gasteiger partial charge >= 0.3 is 0 Å². The van der Waals surface area contributed by atoms with Crippen LogP contribution in [-0.2, 0) is 11.8 Å². The SMILES string of the molecule is C[C@H](Sc1nnc(-c2ccccc2)n1C)C(=O)Nc1ccc(N2CCCCC2)cc1. The molecule has 30 heavy (non-hydrogen) atoms. The fraction of sp³-hybridized carbons (Fsp3) is 0.348. The lowest BCUT2D eigenvalue weighted by molar-refractivity contribution is -0.115. The Morgan fingerprint density at radius 1 is 1.00 bits per heavy atom. The molecule has 3 aromatic rings. The van der Waals surface area contributed by atoms with Crippen molar-refractivity contribution in [3.63, 3.8) is 0 Å². The van der Waals surface area contributed by atoms with Gasteiger partial charge in [0.2, 0.25) is 5.91 Å². The molecule has 1 atom stereocenters. The number of benzene rings is 2. The number of aromatic nitrogens is 3. The molecule has 2 heterocycles. The molecule has 0 unspecified atom stereocenters. The number of carbonyl (C=O) groups is 1. The molecule has 0 saturated carbocycles. The highest BCUT2D eigenvalue weighted by atomic mass is 32.2. The molecular weight excluding hydrogens is 394 g/mol. The number of thioether (sulfide) groups is 1. The van der Waals surface area contributed by atoms with E-state index in [9.17, 15) is 4.79 Å². The summed E-state index contributed by atoms with van der Waals surface area (Å²) >= 11 is 1.41. The molecule has 1 aliphatic heterocycles. The van der Waals surface area contributed by atoms with Crippen LogP contribution in [0.25, 0.3) is 11.4 Å². The summed E-state index contributed by atoms with van der Waals surface area (Å²) in [4.78, 5) is 15.1. The summed E-state index contributed by atoms with van der Waals surface area (Å²) in [5, 5.41) is 12.0. The molecule has 6 nitrogen and oxygen atoms in total. The Labute approximate surface area is 181 Å². The molecule has 2 aromatic carbocycles. The van der Waals surface area contributed by atoms with Crippen molar-refractivity contribution >= 4 is 29.0 Å². The van der Waals surface area contributed by atoms with Crippen LogP contribution >= 0.6 is 11.8 Å². The Kier molecular flexibility index (Phi) is 6.38. The lowest BCUT2D eigenvalue weighted by Gasteiger charge is -2.28. The maximum Gasteiger partial charge on any atom is 0.237 e. The highest BCUT2D eigenvalue weighted by Crippen LogP contribution is 2.27. The summed E-state index contributed by atoms with van der Waals surface area (Å²) in [6.07, 6.45) is 3.82. The van der Waals surface area contributed by atoms with E-state index in [4.69, 9.17) is 0 Å². The molecule has 1 N–H and O–H groups in total. The van der Waals surface area contributed by atoms with Crippen LogP contribution in [0.1, 0.15) is 26.2 Å². The van der Waals surface area contributed by atoms with Gasteiger partial charge in [-0.25, -0.2) is 0 Å². The van der Waals surface area contributed by atoms with E-state index in [1.165, 1.54) is 36.7 Å². The molecule has 0 radical (unpaired) electrons. The normalized spacial score (nSPS) is 15.1. The predicted octanol–water partition coefficient (Wildman–Crippen LogP) is 4.59. The van der Waals surface area contributed by atoms with Gasteiger partial charge in [-0.1, -0.05) is 42.1 Å². The minimum absolute atomic E-state index is 0.0463. The van der Waals surface area contributed by atoms with Crippen LogP contribution in [0.3, 0.4) is 0 Å². The largest absolute Gasteiger partial charge is 0.372 e. The molecule has 0 aliphatic carbocycles. The molecule has 1 aliphatic rings. The van der Waals surface area contributed by atoms with Crippen LogP contribution < -0.4 is 10.2 Å². The second-order valence-electron chi connectivity index (χ2n) is 7.58. The Hall–Kier alpha value is -2.80. The van der Waals surface area contributed by atoms with Gasteiger partial charge < -0.3 is 14.8 Å². The smallest absolute Gasteiger partial charge is 0.237 e. The first-order valence-electron chi connectivity index (χ1n) is 10.4. The molecule has 0 spiro atoms. The van der Waals surface area contributed by atoms with Gasteiger partial charge in [0.25, 0.3) is 0 Å². The molecule has 4 rings (SSSR count). The van der Waals surface area contributed by atoms with E-state index in [0.717, 1.165) is 35.3 Å². The number of nitrogens with one attached hydrogen (secondary N) is 1. The van der Waals surface area contributed by atoms with Gasteiger partial charge in [0.05, 0.1) is 5.25 Å². The van der Waals surface area contributed by atoms with Crippen LogP contribution in [0.2, 0.25) is 0 Å². The van der Waals surface area contributed by atoms with E-state index in [-0.39, 0.29) is 11.2 Å². The zero-order chi connectivity index (χ0) is 20.9. The van der Waals surface area contributed by atoms with Crippen molar-refractivity contribution in [2.24, 2.45) is 7.05 Å². The molecule has 0 bridgehead atoms. The highest BCUT2D eigenvalue weighted by molar-refractivity contribution is 8.00. The van der Waals surface area contributed by atoms with Crippen LogP contribution in [0, 0.1) is 0 Å². The number of piperidine rings is 1. The summed E-state index contributed by atoms with van der Waals surface area (Å²) in [5.74, 6) is 0.744. The minimum Gasteiger partial charge on any atom is -0.372 e. The number of amides is 1. The van der Waals surface area contributed by atoms with Gasteiger partial charge in [0.15, 0.2) is 11.0 Å². The monoisotopic (exact) mass is 421 g/mol. The van der Waals surface area contributed by atoms with Gasteiger partial charge in [-0.05, 0) is 50.5 Å². The first-order chi connectivity index (χ1) is 14.6. The summed E-state index contributed by atoms with van der Waals surface area (Å²) in [5.41, 5.74) is 3.05. The number of anilines is 2. The van der Waals surface area contributed by atoms with Crippen molar-refractivity contribution < 1.29 is 4.79 Å². The van der Waals surface area contributed by atoms with E-state index in [0.29, 0.717) is 0 Å². The van der Waals surface area contributed by atoms with Crippen LogP contribution in [-0.4, -0.2) is 39.0 Å². The average Bonchev–Trinajstić information content (AvgIpc) is 3.15. The fourth-order valence-electron chi connectivity index (χ4n) is 3.62. The van der Waals surface area contributed by atoms with E-state index in [1.54, 1.807) is 0 Å². The van der Waals surface area contributed by atoms with Gasteiger partial charge in [-0.2, -0.15) is 0 Å². The van der Waals surface area contributed by atoms with Gasteiger partial charge in [-0.15, -0.1) is 10.2 Å². The third kappa shape index (κ3) is 4.67. The number of hydrogen-bond acceptors (Lipinski definition) is 5. The molecule has 1 aromatic heterocycles.